The Hall–Kier alpha value is -2.21. The SMILES string of the molecule is CCOC(=O)c1cnn(C)c1COCc1ccccc1F. The molecule has 0 amide bonds. The third-order valence-electron chi connectivity index (χ3n) is 3.01. The van der Waals surface area contributed by atoms with Gasteiger partial charge in [0.25, 0.3) is 0 Å². The van der Waals surface area contributed by atoms with Gasteiger partial charge >= 0.3 is 5.97 Å². The van der Waals surface area contributed by atoms with Crippen LogP contribution in [0.5, 0.6) is 0 Å². The number of aryl methyl sites for hydroxylation is 1. The van der Waals surface area contributed by atoms with Gasteiger partial charge in [0, 0.05) is 12.6 Å². The van der Waals surface area contributed by atoms with Gasteiger partial charge in [-0.25, -0.2) is 9.18 Å². The molecule has 0 saturated carbocycles. The van der Waals surface area contributed by atoms with Crippen molar-refractivity contribution in [1.29, 1.82) is 0 Å². The molecular weight excluding hydrogens is 275 g/mol. The molecule has 112 valence electrons. The quantitative estimate of drug-likeness (QED) is 0.767. The van der Waals surface area contributed by atoms with E-state index >= 15 is 0 Å². The third-order valence-corrected chi connectivity index (χ3v) is 3.01. The van der Waals surface area contributed by atoms with Gasteiger partial charge in [0.05, 0.1) is 31.7 Å². The largest absolute Gasteiger partial charge is 0.462 e. The minimum absolute atomic E-state index is 0.125. The summed E-state index contributed by atoms with van der Waals surface area (Å²) in [5.41, 5.74) is 1.44. The van der Waals surface area contributed by atoms with Crippen LogP contribution in [0.25, 0.3) is 0 Å². The van der Waals surface area contributed by atoms with Crippen molar-refractivity contribution >= 4 is 5.97 Å². The normalized spacial score (nSPS) is 10.6. The second kappa shape index (κ2) is 6.99. The highest BCUT2D eigenvalue weighted by Crippen LogP contribution is 2.13. The first-order valence-electron chi connectivity index (χ1n) is 6.62. The highest BCUT2D eigenvalue weighted by atomic mass is 19.1. The molecule has 0 fully saturated rings. The molecule has 1 heterocycles. The van der Waals surface area contributed by atoms with Gasteiger partial charge in [0.2, 0.25) is 0 Å². The van der Waals surface area contributed by atoms with Crippen molar-refractivity contribution < 1.29 is 18.7 Å². The standard InChI is InChI=1S/C15H17FN2O3/c1-3-21-15(19)12-8-17-18(2)14(12)10-20-9-11-6-4-5-7-13(11)16/h4-8H,3,9-10H2,1-2H3. The smallest absolute Gasteiger partial charge is 0.341 e. The summed E-state index contributed by atoms with van der Waals surface area (Å²) in [6.45, 7) is 2.31. The molecule has 0 unspecified atom stereocenters. The number of rotatable bonds is 6. The third kappa shape index (κ3) is 3.66. The minimum Gasteiger partial charge on any atom is -0.462 e. The molecule has 0 radical (unpaired) electrons. The van der Waals surface area contributed by atoms with Gasteiger partial charge in [-0.3, -0.25) is 4.68 Å². The number of ether oxygens (including phenoxy) is 2. The van der Waals surface area contributed by atoms with Crippen molar-refractivity contribution in [2.45, 2.75) is 20.1 Å². The van der Waals surface area contributed by atoms with E-state index in [9.17, 15) is 9.18 Å². The van der Waals surface area contributed by atoms with E-state index in [4.69, 9.17) is 9.47 Å². The molecular formula is C15H17FN2O3. The number of halogens is 1. The maximum atomic E-state index is 13.5. The molecule has 0 aliphatic rings. The Morgan fingerprint density at radius 1 is 1.33 bits per heavy atom. The maximum Gasteiger partial charge on any atom is 0.341 e. The van der Waals surface area contributed by atoms with Gasteiger partial charge in [-0.05, 0) is 13.0 Å². The Morgan fingerprint density at radius 2 is 2.10 bits per heavy atom. The molecule has 0 saturated heterocycles. The zero-order valence-electron chi connectivity index (χ0n) is 12.0. The van der Waals surface area contributed by atoms with Crippen molar-refractivity contribution in [3.63, 3.8) is 0 Å². The van der Waals surface area contributed by atoms with Crippen LogP contribution >= 0.6 is 0 Å². The highest BCUT2D eigenvalue weighted by Gasteiger charge is 2.17. The molecule has 2 aromatic rings. The first kappa shape index (κ1) is 15.2. The number of esters is 1. The average Bonchev–Trinajstić information content (AvgIpc) is 2.83. The molecule has 0 aliphatic carbocycles. The molecule has 1 aromatic carbocycles. The van der Waals surface area contributed by atoms with Crippen LogP contribution in [-0.2, 0) is 29.7 Å². The topological polar surface area (TPSA) is 53.3 Å². The van der Waals surface area contributed by atoms with Crippen LogP contribution < -0.4 is 0 Å². The molecule has 0 bridgehead atoms. The van der Waals surface area contributed by atoms with Crippen LogP contribution in [0.1, 0.15) is 28.5 Å². The highest BCUT2D eigenvalue weighted by molar-refractivity contribution is 5.90. The van der Waals surface area contributed by atoms with Crippen LogP contribution in [0.15, 0.2) is 30.5 Å². The van der Waals surface area contributed by atoms with Crippen molar-refractivity contribution in [3.05, 3.63) is 53.1 Å². The summed E-state index contributed by atoms with van der Waals surface area (Å²) in [6, 6.07) is 6.41. The van der Waals surface area contributed by atoms with Crippen LogP contribution in [0, 0.1) is 5.82 Å². The molecule has 0 atom stereocenters. The number of carbonyl (C=O) groups excluding carboxylic acids is 1. The lowest BCUT2D eigenvalue weighted by molar-refractivity contribution is 0.0514. The molecule has 1 aromatic heterocycles. The Bertz CT molecular complexity index is 625. The van der Waals surface area contributed by atoms with Gasteiger partial charge < -0.3 is 9.47 Å². The summed E-state index contributed by atoms with van der Waals surface area (Å²) >= 11 is 0. The summed E-state index contributed by atoms with van der Waals surface area (Å²) in [4.78, 5) is 11.8. The van der Waals surface area contributed by atoms with Crippen LogP contribution in [0.3, 0.4) is 0 Å². The number of aromatic nitrogens is 2. The van der Waals surface area contributed by atoms with E-state index in [0.29, 0.717) is 23.4 Å². The molecule has 5 nitrogen and oxygen atoms in total. The first-order chi connectivity index (χ1) is 10.1. The van der Waals surface area contributed by atoms with Gasteiger partial charge in [-0.1, -0.05) is 18.2 Å². The molecule has 0 aliphatic heterocycles. The monoisotopic (exact) mass is 292 g/mol. The van der Waals surface area contributed by atoms with E-state index in [2.05, 4.69) is 5.10 Å². The number of carbonyl (C=O) groups is 1. The van der Waals surface area contributed by atoms with Crippen molar-refractivity contribution in [2.24, 2.45) is 7.05 Å². The number of benzene rings is 1. The van der Waals surface area contributed by atoms with Crippen LogP contribution in [0.4, 0.5) is 4.39 Å². The Kier molecular flexibility index (Phi) is 5.05. The average molecular weight is 292 g/mol. The van der Waals surface area contributed by atoms with Crippen LogP contribution in [-0.4, -0.2) is 22.4 Å². The van der Waals surface area contributed by atoms with Crippen molar-refractivity contribution in [3.8, 4) is 0 Å². The fourth-order valence-electron chi connectivity index (χ4n) is 1.89. The Labute approximate surface area is 122 Å². The van der Waals surface area contributed by atoms with Gasteiger partial charge in [0.1, 0.15) is 11.4 Å². The maximum absolute atomic E-state index is 13.5. The number of nitrogens with zero attached hydrogens (tertiary/aromatic N) is 2. The van der Waals surface area contributed by atoms with E-state index in [0.717, 1.165) is 0 Å². The predicted octanol–water partition coefficient (Wildman–Crippen LogP) is 2.45. The lowest BCUT2D eigenvalue weighted by atomic mass is 10.2. The van der Waals surface area contributed by atoms with E-state index < -0.39 is 5.97 Å². The van der Waals surface area contributed by atoms with Crippen molar-refractivity contribution in [1.82, 2.24) is 9.78 Å². The van der Waals surface area contributed by atoms with E-state index in [1.54, 1.807) is 36.9 Å². The van der Waals surface area contributed by atoms with Crippen LogP contribution in [0.2, 0.25) is 0 Å². The first-order valence-corrected chi connectivity index (χ1v) is 6.62. The van der Waals surface area contributed by atoms with E-state index in [-0.39, 0.29) is 19.0 Å². The molecule has 6 heteroatoms. The summed E-state index contributed by atoms with van der Waals surface area (Å²) in [5, 5.41) is 4.02. The summed E-state index contributed by atoms with van der Waals surface area (Å²) < 4.78 is 25.5. The van der Waals surface area contributed by atoms with Crippen molar-refractivity contribution in [2.75, 3.05) is 6.61 Å². The van der Waals surface area contributed by atoms with E-state index in [1.165, 1.54) is 12.3 Å². The lowest BCUT2D eigenvalue weighted by Gasteiger charge is -2.08. The lowest BCUT2D eigenvalue weighted by Crippen LogP contribution is -2.10. The van der Waals surface area contributed by atoms with Gasteiger partial charge in [-0.15, -0.1) is 0 Å². The fraction of sp³-hybridized carbons (Fsp3) is 0.333. The summed E-state index contributed by atoms with van der Waals surface area (Å²) in [7, 11) is 1.71. The number of hydrogen-bond donors (Lipinski definition) is 0. The molecule has 0 N–H and O–H groups in total. The Morgan fingerprint density at radius 3 is 2.81 bits per heavy atom. The van der Waals surface area contributed by atoms with E-state index in [1.807, 2.05) is 0 Å². The van der Waals surface area contributed by atoms with Gasteiger partial charge in [-0.2, -0.15) is 5.10 Å². The molecule has 2 rings (SSSR count). The molecule has 21 heavy (non-hydrogen) atoms. The predicted molar refractivity (Wildman–Crippen MR) is 74.1 cm³/mol. The number of hydrogen-bond acceptors (Lipinski definition) is 4. The zero-order valence-corrected chi connectivity index (χ0v) is 12.0. The van der Waals surface area contributed by atoms with Gasteiger partial charge in [0.15, 0.2) is 0 Å². The summed E-state index contributed by atoms with van der Waals surface area (Å²) in [5.74, 6) is -0.747. The zero-order chi connectivity index (χ0) is 15.2. The Balaban J connectivity index is 2.02. The fourth-order valence-corrected chi connectivity index (χ4v) is 1.89. The minimum atomic E-state index is -0.435. The second-order valence-corrected chi connectivity index (χ2v) is 4.43. The second-order valence-electron chi connectivity index (χ2n) is 4.43. The summed E-state index contributed by atoms with van der Waals surface area (Å²) in [6.07, 6.45) is 1.44. The molecule has 0 spiro atoms.